The number of rotatable bonds is 5. The Morgan fingerprint density at radius 2 is 1.67 bits per heavy atom. The number of aryl methyl sites for hydroxylation is 2. The first-order valence-corrected chi connectivity index (χ1v) is 11.0. The summed E-state index contributed by atoms with van der Waals surface area (Å²) in [7, 11) is 1.58. The molecule has 2 atom stereocenters. The van der Waals surface area contributed by atoms with Crippen LogP contribution in [0.5, 0.6) is 0 Å². The molecule has 2 heterocycles. The molecule has 172 valence electrons. The van der Waals surface area contributed by atoms with Crippen LogP contribution in [-0.2, 0) is 9.53 Å². The van der Waals surface area contributed by atoms with Crippen LogP contribution in [0, 0.1) is 13.8 Å². The van der Waals surface area contributed by atoms with Crippen LogP contribution in [0.3, 0.4) is 0 Å². The molecule has 1 saturated heterocycles. The van der Waals surface area contributed by atoms with Crippen molar-refractivity contribution >= 4 is 34.9 Å². The Bertz CT molecular complexity index is 1140. The number of methoxy groups -OCH3 is 1. The highest BCUT2D eigenvalue weighted by Gasteiger charge is 2.40. The van der Waals surface area contributed by atoms with E-state index >= 15 is 0 Å². The van der Waals surface area contributed by atoms with E-state index in [9.17, 15) is 9.59 Å². The van der Waals surface area contributed by atoms with Crippen molar-refractivity contribution in [1.82, 2.24) is 14.7 Å². The average Bonchev–Trinajstić information content (AvgIpc) is 3.39. The maximum absolute atomic E-state index is 13.1. The molecule has 2 unspecified atom stereocenters. The van der Waals surface area contributed by atoms with E-state index in [4.69, 9.17) is 16.3 Å². The Labute approximate surface area is 197 Å². The molecule has 0 saturated carbocycles. The van der Waals surface area contributed by atoms with Gasteiger partial charge in [-0.25, -0.2) is 9.48 Å². The van der Waals surface area contributed by atoms with Crippen molar-refractivity contribution in [3.8, 4) is 5.69 Å². The number of carbonyl (C=O) groups is 2. The Morgan fingerprint density at radius 3 is 2.27 bits per heavy atom. The van der Waals surface area contributed by atoms with Crippen LogP contribution in [0.15, 0.2) is 54.6 Å². The third-order valence-electron chi connectivity index (χ3n) is 5.64. The second kappa shape index (κ2) is 9.64. The van der Waals surface area contributed by atoms with Gasteiger partial charge in [-0.1, -0.05) is 11.6 Å². The van der Waals surface area contributed by atoms with Gasteiger partial charge in [0.1, 0.15) is 6.04 Å². The molecular formula is C24H26ClN5O3. The van der Waals surface area contributed by atoms with Gasteiger partial charge in [0, 0.05) is 42.2 Å². The molecule has 8 nitrogen and oxygen atoms in total. The van der Waals surface area contributed by atoms with Crippen LogP contribution in [-0.4, -0.2) is 52.4 Å². The molecule has 3 amide bonds. The molecule has 3 aromatic rings. The number of carbonyl (C=O) groups excluding carboxylic acids is 2. The predicted octanol–water partition coefficient (Wildman–Crippen LogP) is 4.40. The van der Waals surface area contributed by atoms with Gasteiger partial charge in [0.2, 0.25) is 5.91 Å². The Morgan fingerprint density at radius 1 is 1.03 bits per heavy atom. The minimum atomic E-state index is -0.655. The number of hydrogen-bond donors (Lipinski definition) is 2. The summed E-state index contributed by atoms with van der Waals surface area (Å²) >= 11 is 5.91. The fourth-order valence-corrected chi connectivity index (χ4v) is 4.10. The highest BCUT2D eigenvalue weighted by Crippen LogP contribution is 2.24. The third kappa shape index (κ3) is 5.18. The number of nitrogens with zero attached hydrogens (tertiary/aromatic N) is 3. The van der Waals surface area contributed by atoms with Crippen molar-refractivity contribution in [3.63, 3.8) is 0 Å². The van der Waals surface area contributed by atoms with Crippen molar-refractivity contribution < 1.29 is 14.3 Å². The first kappa shape index (κ1) is 22.8. The van der Waals surface area contributed by atoms with Crippen LogP contribution in [0.2, 0.25) is 5.02 Å². The summed E-state index contributed by atoms with van der Waals surface area (Å²) in [4.78, 5) is 27.5. The van der Waals surface area contributed by atoms with Crippen molar-refractivity contribution in [1.29, 1.82) is 0 Å². The molecule has 33 heavy (non-hydrogen) atoms. The smallest absolute Gasteiger partial charge is 0.322 e. The summed E-state index contributed by atoms with van der Waals surface area (Å²) in [6.07, 6.45) is 0.199. The molecule has 0 bridgehead atoms. The quantitative estimate of drug-likeness (QED) is 0.582. The minimum Gasteiger partial charge on any atom is -0.380 e. The van der Waals surface area contributed by atoms with Crippen molar-refractivity contribution in [2.45, 2.75) is 32.4 Å². The molecule has 2 aromatic carbocycles. The van der Waals surface area contributed by atoms with Crippen molar-refractivity contribution in [2.24, 2.45) is 0 Å². The lowest BCUT2D eigenvalue weighted by molar-refractivity contribution is -0.119. The van der Waals surface area contributed by atoms with E-state index < -0.39 is 6.04 Å². The molecule has 2 N–H and O–H groups in total. The molecule has 4 rings (SSSR count). The summed E-state index contributed by atoms with van der Waals surface area (Å²) in [5, 5.41) is 10.8. The van der Waals surface area contributed by atoms with Crippen LogP contribution in [0.4, 0.5) is 16.2 Å². The zero-order chi connectivity index (χ0) is 23.5. The topological polar surface area (TPSA) is 88.5 Å². The highest BCUT2D eigenvalue weighted by atomic mass is 35.5. The van der Waals surface area contributed by atoms with Gasteiger partial charge in [-0.05, 0) is 68.4 Å². The number of benzene rings is 2. The molecule has 0 radical (unpaired) electrons. The van der Waals surface area contributed by atoms with Crippen molar-refractivity contribution in [2.75, 3.05) is 24.3 Å². The lowest BCUT2D eigenvalue weighted by Gasteiger charge is -2.24. The SMILES string of the molecule is COC1CC(C(=O)Nc2ccc(-n3nc(C)cc3C)cc2)N(C(=O)Nc2ccc(Cl)cc2)C1. The Hall–Kier alpha value is -3.36. The van der Waals surface area contributed by atoms with E-state index in [-0.39, 0.29) is 18.0 Å². The van der Waals surface area contributed by atoms with E-state index in [2.05, 4.69) is 15.7 Å². The van der Waals surface area contributed by atoms with E-state index in [0.29, 0.717) is 29.4 Å². The zero-order valence-electron chi connectivity index (χ0n) is 18.7. The number of likely N-dealkylation sites (tertiary alicyclic amines) is 1. The first-order chi connectivity index (χ1) is 15.8. The Balaban J connectivity index is 1.45. The maximum Gasteiger partial charge on any atom is 0.322 e. The number of urea groups is 1. The molecule has 9 heteroatoms. The molecule has 1 aromatic heterocycles. The van der Waals surface area contributed by atoms with Crippen molar-refractivity contribution in [3.05, 3.63) is 71.0 Å². The fraction of sp³-hybridized carbons (Fsp3) is 0.292. The molecular weight excluding hydrogens is 442 g/mol. The predicted molar refractivity (Wildman–Crippen MR) is 128 cm³/mol. The minimum absolute atomic E-state index is 0.217. The van der Waals surface area contributed by atoms with Gasteiger partial charge in [0.05, 0.1) is 17.5 Å². The van der Waals surface area contributed by atoms with Gasteiger partial charge in [-0.2, -0.15) is 5.10 Å². The second-order valence-corrected chi connectivity index (χ2v) is 8.51. The summed E-state index contributed by atoms with van der Waals surface area (Å²) in [6.45, 7) is 4.26. The lowest BCUT2D eigenvalue weighted by Crippen LogP contribution is -2.45. The van der Waals surface area contributed by atoms with Gasteiger partial charge in [0.25, 0.3) is 0 Å². The molecule has 1 fully saturated rings. The lowest BCUT2D eigenvalue weighted by atomic mass is 10.1. The molecule has 1 aliphatic heterocycles. The summed E-state index contributed by atoms with van der Waals surface area (Å²) in [5.74, 6) is -0.264. The van der Waals surface area contributed by atoms with Gasteiger partial charge in [-0.15, -0.1) is 0 Å². The van der Waals surface area contributed by atoms with Gasteiger partial charge in [0.15, 0.2) is 0 Å². The fourth-order valence-electron chi connectivity index (χ4n) is 3.97. The van der Waals surface area contributed by atoms with E-state index in [1.165, 1.54) is 4.90 Å². The standard InChI is InChI=1S/C24H26ClN5O3/c1-15-12-16(2)30(28-15)20-10-8-18(9-11-20)26-23(31)22-13-21(33-3)14-29(22)24(32)27-19-6-4-17(25)5-7-19/h4-12,21-22H,13-14H2,1-3H3,(H,26,31)(H,27,32). The monoisotopic (exact) mass is 467 g/mol. The van der Waals surface area contributed by atoms with E-state index in [1.807, 2.05) is 48.9 Å². The second-order valence-electron chi connectivity index (χ2n) is 8.07. The summed E-state index contributed by atoms with van der Waals surface area (Å²) in [6, 6.07) is 15.2. The highest BCUT2D eigenvalue weighted by molar-refractivity contribution is 6.30. The van der Waals surface area contributed by atoms with Crippen LogP contribution in [0.1, 0.15) is 17.8 Å². The number of halogens is 1. The normalized spacial score (nSPS) is 17.8. The largest absolute Gasteiger partial charge is 0.380 e. The number of nitrogens with one attached hydrogen (secondary N) is 2. The van der Waals surface area contributed by atoms with Gasteiger partial charge < -0.3 is 20.3 Å². The van der Waals surface area contributed by atoms with Gasteiger partial charge >= 0.3 is 6.03 Å². The Kier molecular flexibility index (Phi) is 6.67. The van der Waals surface area contributed by atoms with Crippen LogP contribution < -0.4 is 10.6 Å². The number of hydrogen-bond acceptors (Lipinski definition) is 4. The van der Waals surface area contributed by atoms with E-state index in [0.717, 1.165) is 17.1 Å². The first-order valence-electron chi connectivity index (χ1n) is 10.6. The number of aromatic nitrogens is 2. The average molecular weight is 468 g/mol. The summed E-state index contributed by atoms with van der Waals surface area (Å²) < 4.78 is 7.29. The number of anilines is 2. The molecule has 0 aliphatic carbocycles. The maximum atomic E-state index is 13.1. The molecule has 0 spiro atoms. The molecule has 1 aliphatic rings. The van der Waals surface area contributed by atoms with Crippen LogP contribution in [0.25, 0.3) is 5.69 Å². The zero-order valence-corrected chi connectivity index (χ0v) is 19.5. The van der Waals surface area contributed by atoms with Gasteiger partial charge in [-0.3, -0.25) is 4.79 Å². The number of amides is 3. The summed E-state index contributed by atoms with van der Waals surface area (Å²) in [5.41, 5.74) is 4.12. The van der Waals surface area contributed by atoms with E-state index in [1.54, 1.807) is 31.4 Å². The third-order valence-corrected chi connectivity index (χ3v) is 5.90. The van der Waals surface area contributed by atoms with Crippen LogP contribution >= 0.6 is 11.6 Å². The number of ether oxygens (including phenoxy) is 1.